The number of hydrogen-bond donors (Lipinski definition) is 1. The summed E-state index contributed by atoms with van der Waals surface area (Å²) in [4.78, 5) is 27.4. The third kappa shape index (κ3) is 5.03. The predicted molar refractivity (Wildman–Crippen MR) is 89.0 cm³/mol. The van der Waals surface area contributed by atoms with E-state index in [1.807, 2.05) is 6.92 Å². The Morgan fingerprint density at radius 1 is 1.29 bits per heavy atom. The van der Waals surface area contributed by atoms with Crippen molar-refractivity contribution in [1.82, 2.24) is 9.80 Å². The molecule has 5 nitrogen and oxygen atoms in total. The van der Waals surface area contributed by atoms with Crippen molar-refractivity contribution in [2.24, 2.45) is 0 Å². The normalized spacial score (nSPS) is 18.3. The van der Waals surface area contributed by atoms with Gasteiger partial charge < -0.3 is 10.0 Å². The molecule has 1 unspecified atom stereocenters. The second-order valence-corrected chi connectivity index (χ2v) is 6.26. The van der Waals surface area contributed by atoms with Gasteiger partial charge in [0.15, 0.2) is 0 Å². The molecule has 1 heterocycles. The summed E-state index contributed by atoms with van der Waals surface area (Å²) in [5.74, 6) is -1.38. The molecule has 0 aliphatic carbocycles. The van der Waals surface area contributed by atoms with Crippen LogP contribution in [0.2, 0.25) is 0 Å². The lowest BCUT2D eigenvalue weighted by atomic mass is 9.99. The number of carbonyl (C=O) groups is 2. The van der Waals surface area contributed by atoms with E-state index < -0.39 is 5.97 Å². The number of nitrogens with zero attached hydrogens (tertiary/aromatic N) is 2. The van der Waals surface area contributed by atoms with Crippen molar-refractivity contribution < 1.29 is 19.1 Å². The molecule has 1 aromatic rings. The highest BCUT2D eigenvalue weighted by molar-refractivity contribution is 5.85. The quantitative estimate of drug-likeness (QED) is 0.831. The van der Waals surface area contributed by atoms with Crippen molar-refractivity contribution in [3.63, 3.8) is 0 Å². The summed E-state index contributed by atoms with van der Waals surface area (Å²) in [7, 11) is 0. The average molecular weight is 336 g/mol. The first kappa shape index (κ1) is 18.4. The minimum absolute atomic E-state index is 0.110. The second kappa shape index (κ2) is 8.78. The molecule has 0 spiro atoms. The highest BCUT2D eigenvalue weighted by Crippen LogP contribution is 2.22. The van der Waals surface area contributed by atoms with Crippen LogP contribution in [0.15, 0.2) is 24.3 Å². The zero-order valence-corrected chi connectivity index (χ0v) is 14.1. The van der Waals surface area contributed by atoms with E-state index >= 15 is 0 Å². The van der Waals surface area contributed by atoms with Crippen molar-refractivity contribution in [3.8, 4) is 0 Å². The van der Waals surface area contributed by atoms with E-state index in [0.29, 0.717) is 13.1 Å². The molecule has 1 N–H and O–H groups in total. The number of likely N-dealkylation sites (tertiary alicyclic amines) is 1. The number of rotatable bonds is 7. The van der Waals surface area contributed by atoms with Crippen LogP contribution < -0.4 is 0 Å². The monoisotopic (exact) mass is 336 g/mol. The van der Waals surface area contributed by atoms with Crippen LogP contribution in [-0.2, 0) is 16.1 Å². The Kier molecular flexibility index (Phi) is 6.73. The molecule has 24 heavy (non-hydrogen) atoms. The predicted octanol–water partition coefficient (Wildman–Crippen LogP) is 2.50. The second-order valence-electron chi connectivity index (χ2n) is 6.26. The maximum Gasteiger partial charge on any atom is 0.323 e. The first-order valence-corrected chi connectivity index (χ1v) is 8.50. The number of benzene rings is 1. The molecule has 1 amide bonds. The number of aliphatic carboxylic acids is 1. The van der Waals surface area contributed by atoms with E-state index in [4.69, 9.17) is 5.11 Å². The zero-order valence-electron chi connectivity index (χ0n) is 14.1. The fraction of sp³-hybridized carbons (Fsp3) is 0.556. The summed E-state index contributed by atoms with van der Waals surface area (Å²) in [6, 6.07) is 6.00. The summed E-state index contributed by atoms with van der Waals surface area (Å²) >= 11 is 0. The van der Waals surface area contributed by atoms with Gasteiger partial charge in [0.25, 0.3) is 0 Å². The molecule has 1 aliphatic heterocycles. The van der Waals surface area contributed by atoms with Gasteiger partial charge in [-0.1, -0.05) is 25.5 Å². The van der Waals surface area contributed by atoms with Crippen LogP contribution in [0.4, 0.5) is 4.39 Å². The highest BCUT2D eigenvalue weighted by Gasteiger charge is 2.32. The van der Waals surface area contributed by atoms with Gasteiger partial charge in [0.05, 0.1) is 6.04 Å². The number of amides is 1. The lowest BCUT2D eigenvalue weighted by molar-refractivity contribution is -0.147. The topological polar surface area (TPSA) is 60.9 Å². The molecule has 1 fully saturated rings. The Bertz CT molecular complexity index is 562. The van der Waals surface area contributed by atoms with Gasteiger partial charge in [0.1, 0.15) is 12.4 Å². The van der Waals surface area contributed by atoms with Gasteiger partial charge in [-0.05, 0) is 43.5 Å². The van der Waals surface area contributed by atoms with Crippen molar-refractivity contribution in [2.75, 3.05) is 19.6 Å². The standard InChI is InChI=1S/C18H25FN2O3/c1-2-10-21(13-17(22)23)18(24)16-5-3-4-11-20(16)12-14-6-8-15(19)9-7-14/h6-9,16H,2-5,10-13H2,1H3,(H,22,23). The molecule has 1 aromatic carbocycles. The summed E-state index contributed by atoms with van der Waals surface area (Å²) in [6.07, 6.45) is 3.44. The van der Waals surface area contributed by atoms with Gasteiger partial charge in [-0.3, -0.25) is 14.5 Å². The Morgan fingerprint density at radius 3 is 2.62 bits per heavy atom. The summed E-state index contributed by atoms with van der Waals surface area (Å²) in [6.45, 7) is 3.49. The van der Waals surface area contributed by atoms with Gasteiger partial charge in [-0.25, -0.2) is 4.39 Å². The number of halogens is 1. The Balaban J connectivity index is 2.10. The molecular weight excluding hydrogens is 311 g/mol. The average Bonchev–Trinajstić information content (AvgIpc) is 2.56. The van der Waals surface area contributed by atoms with Crippen LogP contribution in [-0.4, -0.2) is 52.5 Å². The number of carboxylic acid groups (broad SMARTS) is 1. The van der Waals surface area contributed by atoms with Crippen molar-refractivity contribution in [3.05, 3.63) is 35.6 Å². The van der Waals surface area contributed by atoms with E-state index in [-0.39, 0.29) is 24.3 Å². The maximum atomic E-state index is 13.1. The van der Waals surface area contributed by atoms with Crippen molar-refractivity contribution in [1.29, 1.82) is 0 Å². The molecule has 0 aromatic heterocycles. The van der Waals surface area contributed by atoms with E-state index in [1.165, 1.54) is 17.0 Å². The lowest BCUT2D eigenvalue weighted by Gasteiger charge is -2.37. The highest BCUT2D eigenvalue weighted by atomic mass is 19.1. The molecule has 132 valence electrons. The molecule has 0 bridgehead atoms. The van der Waals surface area contributed by atoms with Gasteiger partial charge in [0.2, 0.25) is 5.91 Å². The van der Waals surface area contributed by atoms with Gasteiger partial charge in [0, 0.05) is 13.1 Å². The van der Waals surface area contributed by atoms with Crippen LogP contribution in [0.25, 0.3) is 0 Å². The molecule has 6 heteroatoms. The van der Waals surface area contributed by atoms with Crippen molar-refractivity contribution >= 4 is 11.9 Å². The Labute approximate surface area is 142 Å². The van der Waals surface area contributed by atoms with Crippen LogP contribution in [0, 0.1) is 5.82 Å². The fourth-order valence-electron chi connectivity index (χ4n) is 3.20. The summed E-state index contributed by atoms with van der Waals surface area (Å²) in [5, 5.41) is 9.04. The van der Waals surface area contributed by atoms with Gasteiger partial charge >= 0.3 is 5.97 Å². The summed E-state index contributed by atoms with van der Waals surface area (Å²) < 4.78 is 13.1. The molecule has 1 saturated heterocycles. The van der Waals surface area contributed by atoms with Crippen LogP contribution >= 0.6 is 0 Å². The first-order valence-electron chi connectivity index (χ1n) is 8.50. The van der Waals surface area contributed by atoms with E-state index in [0.717, 1.165) is 37.8 Å². The van der Waals surface area contributed by atoms with E-state index in [9.17, 15) is 14.0 Å². The van der Waals surface area contributed by atoms with Crippen LogP contribution in [0.1, 0.15) is 38.2 Å². The van der Waals surface area contributed by atoms with Gasteiger partial charge in [-0.2, -0.15) is 0 Å². The first-order chi connectivity index (χ1) is 11.5. The lowest BCUT2D eigenvalue weighted by Crippen LogP contribution is -2.51. The Morgan fingerprint density at radius 2 is 2.00 bits per heavy atom. The van der Waals surface area contributed by atoms with Crippen LogP contribution in [0.3, 0.4) is 0 Å². The van der Waals surface area contributed by atoms with E-state index in [1.54, 1.807) is 12.1 Å². The number of carbonyl (C=O) groups excluding carboxylic acids is 1. The van der Waals surface area contributed by atoms with Crippen molar-refractivity contribution in [2.45, 2.75) is 45.2 Å². The smallest absolute Gasteiger partial charge is 0.323 e. The summed E-state index contributed by atoms with van der Waals surface area (Å²) in [5.41, 5.74) is 0.955. The third-order valence-corrected chi connectivity index (χ3v) is 4.33. The third-order valence-electron chi connectivity index (χ3n) is 4.33. The number of hydrogen-bond acceptors (Lipinski definition) is 3. The molecule has 0 radical (unpaired) electrons. The van der Waals surface area contributed by atoms with Gasteiger partial charge in [-0.15, -0.1) is 0 Å². The number of piperidine rings is 1. The van der Waals surface area contributed by atoms with Crippen LogP contribution in [0.5, 0.6) is 0 Å². The minimum Gasteiger partial charge on any atom is -0.480 e. The minimum atomic E-state index is -0.988. The molecule has 1 aliphatic rings. The number of carboxylic acids is 1. The largest absolute Gasteiger partial charge is 0.480 e. The zero-order chi connectivity index (χ0) is 17.5. The molecule has 2 rings (SSSR count). The fourth-order valence-corrected chi connectivity index (χ4v) is 3.20. The Hall–Kier alpha value is -1.95. The molecule has 0 saturated carbocycles. The maximum absolute atomic E-state index is 13.1. The van der Waals surface area contributed by atoms with E-state index in [2.05, 4.69) is 4.90 Å². The molecule has 1 atom stereocenters. The molecular formula is C18H25FN2O3. The SMILES string of the molecule is CCCN(CC(=O)O)C(=O)C1CCCCN1Cc1ccc(F)cc1.